The van der Waals surface area contributed by atoms with Crippen LogP contribution >= 0.6 is 22.9 Å². The lowest BCUT2D eigenvalue weighted by Crippen LogP contribution is -2.21. The van der Waals surface area contributed by atoms with Gasteiger partial charge in [-0.2, -0.15) is 5.26 Å². The van der Waals surface area contributed by atoms with Crippen LogP contribution in [-0.2, 0) is 13.7 Å². The molecule has 1 amide bonds. The van der Waals surface area contributed by atoms with Gasteiger partial charge < -0.3 is 14.0 Å². The van der Waals surface area contributed by atoms with Crippen molar-refractivity contribution < 1.29 is 14.3 Å². The van der Waals surface area contributed by atoms with Crippen molar-refractivity contribution in [2.24, 2.45) is 7.05 Å². The van der Waals surface area contributed by atoms with Crippen LogP contribution in [0.5, 0.6) is 10.9 Å². The second-order valence-corrected chi connectivity index (χ2v) is 8.35. The Kier molecular flexibility index (Phi) is 7.00. The van der Waals surface area contributed by atoms with Crippen molar-refractivity contribution in [1.82, 2.24) is 24.7 Å². The molecule has 0 saturated heterocycles. The number of rotatable bonds is 7. The zero-order valence-corrected chi connectivity index (χ0v) is 19.9. The van der Waals surface area contributed by atoms with Crippen molar-refractivity contribution >= 4 is 34.0 Å². The Morgan fingerprint density at radius 2 is 2.06 bits per heavy atom. The van der Waals surface area contributed by atoms with E-state index in [1.54, 1.807) is 25.2 Å². The Morgan fingerprint density at radius 3 is 2.77 bits per heavy atom. The van der Waals surface area contributed by atoms with Gasteiger partial charge in [0.05, 0.1) is 30.1 Å². The standard InChI is InChI=1S/C22H16ClN7O4S/c1-30-10-16(14-5-18(23)26-9-17(14)33-2)15(6-19(30)31)20(32)27-21-28-29-22(35-21)34-11-13-4-3-12(7-24)8-25-13/h3-6,8-10H,11H2,1-2H3,(H,27,28,32). The van der Waals surface area contributed by atoms with Gasteiger partial charge in [-0.1, -0.05) is 16.7 Å². The fourth-order valence-electron chi connectivity index (χ4n) is 3.02. The van der Waals surface area contributed by atoms with Crippen molar-refractivity contribution in [3.8, 4) is 28.1 Å². The Balaban J connectivity index is 1.55. The minimum Gasteiger partial charge on any atom is -0.494 e. The van der Waals surface area contributed by atoms with E-state index < -0.39 is 5.91 Å². The second kappa shape index (κ2) is 10.3. The van der Waals surface area contributed by atoms with Crippen molar-refractivity contribution in [2.45, 2.75) is 6.61 Å². The van der Waals surface area contributed by atoms with Gasteiger partial charge in [-0.05, 0) is 29.5 Å². The minimum atomic E-state index is -0.579. The summed E-state index contributed by atoms with van der Waals surface area (Å²) in [6.07, 6.45) is 4.39. The molecule has 1 N–H and O–H groups in total. The smallest absolute Gasteiger partial charge is 0.296 e. The number of ether oxygens (including phenoxy) is 2. The van der Waals surface area contributed by atoms with Gasteiger partial charge in [0.25, 0.3) is 16.7 Å². The van der Waals surface area contributed by atoms with Crippen molar-refractivity contribution in [2.75, 3.05) is 12.4 Å². The SMILES string of the molecule is COc1cnc(Cl)cc1-c1cn(C)c(=O)cc1C(=O)Nc1nnc(OCc2ccc(C#N)cn2)s1. The summed E-state index contributed by atoms with van der Waals surface area (Å²) in [5.74, 6) is -0.200. The number of carbonyl (C=O) groups excluding carboxylic acids is 1. The Hall–Kier alpha value is -4.34. The number of hydrogen-bond donors (Lipinski definition) is 1. The highest BCUT2D eigenvalue weighted by atomic mass is 35.5. The van der Waals surface area contributed by atoms with E-state index in [0.29, 0.717) is 28.1 Å². The van der Waals surface area contributed by atoms with Crippen molar-refractivity contribution in [3.63, 3.8) is 0 Å². The number of amides is 1. The lowest BCUT2D eigenvalue weighted by atomic mass is 10.0. The molecular weight excluding hydrogens is 494 g/mol. The number of carbonyl (C=O) groups is 1. The summed E-state index contributed by atoms with van der Waals surface area (Å²) in [5, 5.41) is 19.9. The van der Waals surface area contributed by atoms with Crippen LogP contribution in [0.1, 0.15) is 21.6 Å². The molecule has 11 nitrogen and oxygen atoms in total. The average Bonchev–Trinajstić information content (AvgIpc) is 3.31. The van der Waals surface area contributed by atoms with E-state index in [2.05, 4.69) is 25.5 Å². The third-order valence-corrected chi connectivity index (χ3v) is 5.70. The highest BCUT2D eigenvalue weighted by Crippen LogP contribution is 2.33. The highest BCUT2D eigenvalue weighted by molar-refractivity contribution is 7.17. The third kappa shape index (κ3) is 5.43. The largest absolute Gasteiger partial charge is 0.494 e. The molecule has 0 saturated carbocycles. The summed E-state index contributed by atoms with van der Waals surface area (Å²) in [4.78, 5) is 33.5. The molecule has 0 aliphatic carbocycles. The van der Waals surface area contributed by atoms with Crippen molar-refractivity contribution in [1.29, 1.82) is 5.26 Å². The topological polar surface area (TPSA) is 145 Å². The molecule has 0 atom stereocenters. The molecule has 0 unspecified atom stereocenters. The first-order valence-electron chi connectivity index (χ1n) is 9.91. The van der Waals surface area contributed by atoms with Gasteiger partial charge in [0, 0.05) is 36.6 Å². The fourth-order valence-corrected chi connectivity index (χ4v) is 3.77. The molecule has 0 aliphatic heterocycles. The van der Waals surface area contributed by atoms with Gasteiger partial charge in [0.15, 0.2) is 0 Å². The highest BCUT2D eigenvalue weighted by Gasteiger charge is 2.20. The number of halogens is 1. The molecule has 176 valence electrons. The quantitative estimate of drug-likeness (QED) is 0.371. The van der Waals surface area contributed by atoms with Crippen LogP contribution in [0.4, 0.5) is 5.13 Å². The predicted molar refractivity (Wildman–Crippen MR) is 128 cm³/mol. The molecule has 4 aromatic heterocycles. The van der Waals surface area contributed by atoms with E-state index in [0.717, 1.165) is 11.3 Å². The van der Waals surface area contributed by atoms with E-state index in [4.69, 9.17) is 26.3 Å². The van der Waals surface area contributed by atoms with E-state index in [1.165, 1.54) is 36.3 Å². The van der Waals surface area contributed by atoms with E-state index in [1.807, 2.05) is 6.07 Å². The maximum absolute atomic E-state index is 13.1. The Labute approximate surface area is 207 Å². The lowest BCUT2D eigenvalue weighted by Gasteiger charge is -2.13. The van der Waals surface area contributed by atoms with E-state index in [-0.39, 0.29) is 33.2 Å². The van der Waals surface area contributed by atoms with Crippen LogP contribution in [0.3, 0.4) is 0 Å². The molecular formula is C22H16ClN7O4S. The van der Waals surface area contributed by atoms with Crippen LogP contribution in [0, 0.1) is 11.3 Å². The number of methoxy groups -OCH3 is 1. The van der Waals surface area contributed by atoms with Crippen LogP contribution in [0.15, 0.2) is 47.7 Å². The summed E-state index contributed by atoms with van der Waals surface area (Å²) in [6, 6.07) is 8.05. The predicted octanol–water partition coefficient (Wildman–Crippen LogP) is 3.06. The van der Waals surface area contributed by atoms with Gasteiger partial charge in [-0.15, -0.1) is 5.10 Å². The monoisotopic (exact) mass is 509 g/mol. The number of nitrogens with zero attached hydrogens (tertiary/aromatic N) is 6. The maximum Gasteiger partial charge on any atom is 0.296 e. The van der Waals surface area contributed by atoms with Gasteiger partial charge in [-0.3, -0.25) is 19.9 Å². The summed E-state index contributed by atoms with van der Waals surface area (Å²) in [6.45, 7) is 0.107. The number of aryl methyl sites for hydroxylation is 1. The number of pyridine rings is 3. The number of anilines is 1. The number of nitriles is 1. The molecule has 13 heteroatoms. The Morgan fingerprint density at radius 1 is 1.23 bits per heavy atom. The van der Waals surface area contributed by atoms with Gasteiger partial charge >= 0.3 is 0 Å². The molecule has 0 aromatic carbocycles. The molecule has 0 spiro atoms. The molecule has 35 heavy (non-hydrogen) atoms. The normalized spacial score (nSPS) is 10.5. The second-order valence-electron chi connectivity index (χ2n) is 7.02. The molecule has 0 radical (unpaired) electrons. The van der Waals surface area contributed by atoms with Crippen LogP contribution in [0.25, 0.3) is 11.1 Å². The number of hydrogen-bond acceptors (Lipinski definition) is 10. The molecule has 0 fully saturated rings. The first-order valence-corrected chi connectivity index (χ1v) is 11.1. The molecule has 4 aromatic rings. The number of nitrogens with one attached hydrogen (secondary N) is 1. The average molecular weight is 510 g/mol. The lowest BCUT2D eigenvalue weighted by molar-refractivity contribution is 0.102. The first-order chi connectivity index (χ1) is 16.9. The summed E-state index contributed by atoms with van der Waals surface area (Å²) in [7, 11) is 3.03. The molecule has 0 aliphatic rings. The van der Waals surface area contributed by atoms with Gasteiger partial charge in [0.2, 0.25) is 5.13 Å². The van der Waals surface area contributed by atoms with Crippen molar-refractivity contribution in [3.05, 3.63) is 75.2 Å². The Bertz CT molecular complexity index is 1500. The molecule has 4 heterocycles. The zero-order chi connectivity index (χ0) is 24.9. The van der Waals surface area contributed by atoms with Gasteiger partial charge in [-0.25, -0.2) is 4.98 Å². The molecule has 4 rings (SSSR count). The van der Waals surface area contributed by atoms with Crippen LogP contribution in [-0.4, -0.2) is 37.7 Å². The molecule has 0 bridgehead atoms. The first kappa shape index (κ1) is 23.8. The maximum atomic E-state index is 13.1. The van der Waals surface area contributed by atoms with Crippen LogP contribution in [0.2, 0.25) is 5.15 Å². The van der Waals surface area contributed by atoms with E-state index >= 15 is 0 Å². The van der Waals surface area contributed by atoms with Crippen LogP contribution < -0.4 is 20.3 Å². The fraction of sp³-hybridized carbons (Fsp3) is 0.136. The zero-order valence-electron chi connectivity index (χ0n) is 18.4. The summed E-state index contributed by atoms with van der Waals surface area (Å²) < 4.78 is 12.3. The summed E-state index contributed by atoms with van der Waals surface area (Å²) >= 11 is 7.07. The number of aromatic nitrogens is 5. The summed E-state index contributed by atoms with van der Waals surface area (Å²) in [5.41, 5.74) is 1.65. The van der Waals surface area contributed by atoms with Gasteiger partial charge in [0.1, 0.15) is 23.6 Å². The third-order valence-electron chi connectivity index (χ3n) is 4.74. The van der Waals surface area contributed by atoms with E-state index in [9.17, 15) is 9.59 Å². The minimum absolute atomic E-state index is 0.0908.